The van der Waals surface area contributed by atoms with E-state index in [4.69, 9.17) is 5.73 Å². The standard InChI is InChI=1S/C10H16N4/c1-8-3-5-14(6-8)7-10-12-4-2-9(11)13-10/h2,4,8H,3,5-7H2,1H3,(H2,11,12,13). The zero-order chi connectivity index (χ0) is 9.97. The Morgan fingerprint density at radius 1 is 1.64 bits per heavy atom. The number of hydrogen-bond acceptors (Lipinski definition) is 4. The Morgan fingerprint density at radius 3 is 3.14 bits per heavy atom. The molecule has 0 amide bonds. The van der Waals surface area contributed by atoms with Gasteiger partial charge in [0.15, 0.2) is 0 Å². The van der Waals surface area contributed by atoms with Crippen LogP contribution in [0.1, 0.15) is 19.2 Å². The predicted molar refractivity (Wildman–Crippen MR) is 55.5 cm³/mol. The third-order valence-corrected chi connectivity index (χ3v) is 2.60. The number of likely N-dealkylation sites (tertiary alicyclic amines) is 1. The molecule has 14 heavy (non-hydrogen) atoms. The molecule has 1 fully saturated rings. The van der Waals surface area contributed by atoms with Crippen molar-refractivity contribution in [3.05, 3.63) is 18.1 Å². The summed E-state index contributed by atoms with van der Waals surface area (Å²) in [6.45, 7) is 5.41. The van der Waals surface area contributed by atoms with Gasteiger partial charge >= 0.3 is 0 Å². The van der Waals surface area contributed by atoms with Crippen LogP contribution in [0.25, 0.3) is 0 Å². The van der Waals surface area contributed by atoms with E-state index in [-0.39, 0.29) is 0 Å². The SMILES string of the molecule is CC1CCN(Cc2nccc(N)n2)C1. The first-order valence-corrected chi connectivity index (χ1v) is 5.04. The maximum atomic E-state index is 5.59. The summed E-state index contributed by atoms with van der Waals surface area (Å²) in [5.74, 6) is 2.19. The second-order valence-electron chi connectivity index (χ2n) is 4.03. The molecule has 1 aromatic rings. The number of aromatic nitrogens is 2. The lowest BCUT2D eigenvalue weighted by Crippen LogP contribution is -2.21. The average molecular weight is 192 g/mol. The maximum absolute atomic E-state index is 5.59. The first-order chi connectivity index (χ1) is 6.74. The number of hydrogen-bond donors (Lipinski definition) is 1. The van der Waals surface area contributed by atoms with Crippen LogP contribution in [0.3, 0.4) is 0 Å². The van der Waals surface area contributed by atoms with Crippen LogP contribution in [0.15, 0.2) is 12.3 Å². The van der Waals surface area contributed by atoms with Gasteiger partial charge in [-0.25, -0.2) is 9.97 Å². The zero-order valence-corrected chi connectivity index (χ0v) is 8.48. The van der Waals surface area contributed by atoms with Crippen LogP contribution in [0.2, 0.25) is 0 Å². The molecule has 2 N–H and O–H groups in total. The third kappa shape index (κ3) is 2.20. The summed E-state index contributed by atoms with van der Waals surface area (Å²) in [6.07, 6.45) is 3.00. The minimum Gasteiger partial charge on any atom is -0.384 e. The number of nitrogens with two attached hydrogens (primary N) is 1. The Balaban J connectivity index is 1.97. The van der Waals surface area contributed by atoms with E-state index in [2.05, 4.69) is 21.8 Å². The minimum absolute atomic E-state index is 0.558. The van der Waals surface area contributed by atoms with Crippen molar-refractivity contribution in [2.45, 2.75) is 19.9 Å². The van der Waals surface area contributed by atoms with Gasteiger partial charge in [-0.05, 0) is 24.9 Å². The van der Waals surface area contributed by atoms with E-state index >= 15 is 0 Å². The highest BCUT2D eigenvalue weighted by atomic mass is 15.2. The van der Waals surface area contributed by atoms with Gasteiger partial charge in [-0.2, -0.15) is 0 Å². The van der Waals surface area contributed by atoms with Crippen LogP contribution >= 0.6 is 0 Å². The van der Waals surface area contributed by atoms with E-state index in [0.717, 1.165) is 31.4 Å². The number of rotatable bonds is 2. The molecule has 1 saturated heterocycles. The molecule has 4 heteroatoms. The lowest BCUT2D eigenvalue weighted by molar-refractivity contribution is 0.312. The van der Waals surface area contributed by atoms with E-state index in [9.17, 15) is 0 Å². The largest absolute Gasteiger partial charge is 0.384 e. The molecule has 1 atom stereocenters. The van der Waals surface area contributed by atoms with Crippen LogP contribution < -0.4 is 5.73 Å². The predicted octanol–water partition coefficient (Wildman–Crippen LogP) is 0.901. The van der Waals surface area contributed by atoms with E-state index in [0.29, 0.717) is 5.82 Å². The smallest absolute Gasteiger partial charge is 0.144 e. The second-order valence-corrected chi connectivity index (χ2v) is 4.03. The summed E-state index contributed by atoms with van der Waals surface area (Å²) in [5.41, 5.74) is 5.59. The fraction of sp³-hybridized carbons (Fsp3) is 0.600. The summed E-state index contributed by atoms with van der Waals surface area (Å²) in [6, 6.07) is 1.72. The fourth-order valence-corrected chi connectivity index (χ4v) is 1.86. The van der Waals surface area contributed by atoms with Gasteiger partial charge in [0.1, 0.15) is 11.6 Å². The molecule has 1 aliphatic heterocycles. The van der Waals surface area contributed by atoms with Crippen LogP contribution in [-0.2, 0) is 6.54 Å². The monoisotopic (exact) mass is 192 g/mol. The van der Waals surface area contributed by atoms with Crippen LogP contribution in [0, 0.1) is 5.92 Å². The molecule has 0 aliphatic carbocycles. The van der Waals surface area contributed by atoms with Crippen molar-refractivity contribution in [1.82, 2.24) is 14.9 Å². The van der Waals surface area contributed by atoms with E-state index in [1.54, 1.807) is 12.3 Å². The highest BCUT2D eigenvalue weighted by Gasteiger charge is 2.19. The van der Waals surface area contributed by atoms with E-state index < -0.39 is 0 Å². The fourth-order valence-electron chi connectivity index (χ4n) is 1.86. The Morgan fingerprint density at radius 2 is 2.50 bits per heavy atom. The Bertz CT molecular complexity index is 313. The van der Waals surface area contributed by atoms with Crippen molar-refractivity contribution in [2.24, 2.45) is 5.92 Å². The van der Waals surface area contributed by atoms with Crippen LogP contribution in [0.4, 0.5) is 5.82 Å². The Labute approximate surface area is 84.2 Å². The summed E-state index contributed by atoms with van der Waals surface area (Å²) in [7, 11) is 0. The molecule has 1 aliphatic rings. The minimum atomic E-state index is 0.558. The van der Waals surface area contributed by atoms with E-state index in [1.165, 1.54) is 6.42 Å². The molecule has 76 valence electrons. The molecule has 0 radical (unpaired) electrons. The van der Waals surface area contributed by atoms with Gasteiger partial charge in [-0.3, -0.25) is 4.90 Å². The average Bonchev–Trinajstić information content (AvgIpc) is 2.51. The molecule has 2 rings (SSSR count). The van der Waals surface area contributed by atoms with Gasteiger partial charge in [-0.1, -0.05) is 6.92 Å². The summed E-state index contributed by atoms with van der Waals surface area (Å²) < 4.78 is 0. The van der Waals surface area contributed by atoms with Crippen LogP contribution in [-0.4, -0.2) is 28.0 Å². The first kappa shape index (κ1) is 9.40. The maximum Gasteiger partial charge on any atom is 0.144 e. The molecule has 1 unspecified atom stereocenters. The topological polar surface area (TPSA) is 55.0 Å². The Hall–Kier alpha value is -1.16. The molecule has 1 aromatic heterocycles. The highest BCUT2D eigenvalue weighted by molar-refractivity contribution is 5.24. The third-order valence-electron chi connectivity index (χ3n) is 2.60. The molecule has 0 spiro atoms. The summed E-state index contributed by atoms with van der Waals surface area (Å²) in [5, 5.41) is 0. The van der Waals surface area contributed by atoms with E-state index in [1.807, 2.05) is 0 Å². The first-order valence-electron chi connectivity index (χ1n) is 5.04. The molecule has 0 aromatic carbocycles. The number of nitrogens with zero attached hydrogens (tertiary/aromatic N) is 3. The van der Waals surface area contributed by atoms with Gasteiger partial charge in [0.05, 0.1) is 6.54 Å². The van der Waals surface area contributed by atoms with Gasteiger partial charge < -0.3 is 5.73 Å². The molecular formula is C10H16N4. The molecule has 0 bridgehead atoms. The molecular weight excluding hydrogens is 176 g/mol. The van der Waals surface area contributed by atoms with Crippen LogP contribution in [0.5, 0.6) is 0 Å². The number of nitrogen functional groups attached to an aromatic ring is 1. The summed E-state index contributed by atoms with van der Waals surface area (Å²) in [4.78, 5) is 10.8. The van der Waals surface area contributed by atoms with Gasteiger partial charge in [0, 0.05) is 12.7 Å². The van der Waals surface area contributed by atoms with Crippen molar-refractivity contribution >= 4 is 5.82 Å². The van der Waals surface area contributed by atoms with Crippen molar-refractivity contribution < 1.29 is 0 Å². The van der Waals surface area contributed by atoms with Crippen molar-refractivity contribution in [3.8, 4) is 0 Å². The van der Waals surface area contributed by atoms with Gasteiger partial charge in [-0.15, -0.1) is 0 Å². The van der Waals surface area contributed by atoms with Gasteiger partial charge in [0.2, 0.25) is 0 Å². The lowest BCUT2D eigenvalue weighted by atomic mass is 10.2. The summed E-state index contributed by atoms with van der Waals surface area (Å²) >= 11 is 0. The van der Waals surface area contributed by atoms with Crippen molar-refractivity contribution in [3.63, 3.8) is 0 Å². The Kier molecular flexibility index (Phi) is 2.63. The van der Waals surface area contributed by atoms with Crippen molar-refractivity contribution in [2.75, 3.05) is 18.8 Å². The van der Waals surface area contributed by atoms with Crippen molar-refractivity contribution in [1.29, 1.82) is 0 Å². The highest BCUT2D eigenvalue weighted by Crippen LogP contribution is 2.16. The quantitative estimate of drug-likeness (QED) is 0.756. The second kappa shape index (κ2) is 3.92. The normalized spacial score (nSPS) is 22.8. The molecule has 2 heterocycles. The lowest BCUT2D eigenvalue weighted by Gasteiger charge is -2.13. The van der Waals surface area contributed by atoms with Gasteiger partial charge in [0.25, 0.3) is 0 Å². The zero-order valence-electron chi connectivity index (χ0n) is 8.48. The number of anilines is 1. The molecule has 0 saturated carbocycles. The molecule has 4 nitrogen and oxygen atoms in total.